The summed E-state index contributed by atoms with van der Waals surface area (Å²) < 4.78 is 15.6. The van der Waals surface area contributed by atoms with Crippen molar-refractivity contribution in [1.29, 1.82) is 0 Å². The Morgan fingerprint density at radius 1 is 0.919 bits per heavy atom. The summed E-state index contributed by atoms with van der Waals surface area (Å²) >= 11 is 0. The predicted octanol–water partition coefficient (Wildman–Crippen LogP) is 3.83. The van der Waals surface area contributed by atoms with Crippen molar-refractivity contribution in [1.82, 2.24) is 10.6 Å². The highest BCUT2D eigenvalue weighted by molar-refractivity contribution is 5.82. The van der Waals surface area contributed by atoms with E-state index in [-0.39, 0.29) is 38.5 Å². The number of alkyl carbamates (subject to hydrolysis) is 2. The van der Waals surface area contributed by atoms with E-state index in [9.17, 15) is 19.2 Å². The number of fused-ring (bicyclic) bond motifs is 3. The van der Waals surface area contributed by atoms with Crippen LogP contribution in [0.3, 0.4) is 0 Å². The van der Waals surface area contributed by atoms with Crippen molar-refractivity contribution in [3.63, 3.8) is 0 Å². The van der Waals surface area contributed by atoms with Crippen molar-refractivity contribution in [2.24, 2.45) is 0 Å². The van der Waals surface area contributed by atoms with Gasteiger partial charge in [0.1, 0.15) is 24.9 Å². The second-order valence-electron chi connectivity index (χ2n) is 9.55. The first kappa shape index (κ1) is 27.5. The highest BCUT2D eigenvalue weighted by atomic mass is 16.6. The molecule has 2 amide bonds. The molecule has 198 valence electrons. The average Bonchev–Trinajstić information content (AvgIpc) is 3.14. The molecule has 1 unspecified atom stereocenters. The molecular formula is C27H32N2O8. The Labute approximate surface area is 215 Å². The molecule has 2 aromatic rings. The standard InChI is InChI=1S/C27H32N2O8/c1-27(2,3)37-25(33)28-14-12-22(24(32)35-15-13-23(30)31)29-26(34)36-16-21-19-10-6-4-8-17(19)18-9-5-7-11-20(18)21/h4-11,21-22H,12-16H2,1-3H3,(H,28,33)(H,29,34)(H,30,31). The van der Waals surface area contributed by atoms with E-state index in [1.807, 2.05) is 48.5 Å². The smallest absolute Gasteiger partial charge is 0.407 e. The fourth-order valence-electron chi connectivity index (χ4n) is 4.00. The molecule has 3 N–H and O–H groups in total. The summed E-state index contributed by atoms with van der Waals surface area (Å²) in [6.45, 7) is 4.85. The van der Waals surface area contributed by atoms with E-state index < -0.39 is 35.8 Å². The third-order valence-electron chi connectivity index (χ3n) is 5.58. The second-order valence-corrected chi connectivity index (χ2v) is 9.55. The number of ether oxygens (including phenoxy) is 3. The normalized spacial score (nSPS) is 13.1. The van der Waals surface area contributed by atoms with Gasteiger partial charge < -0.3 is 30.0 Å². The number of esters is 1. The Kier molecular flexibility index (Phi) is 9.10. The minimum absolute atomic E-state index is 0.00271. The quantitative estimate of drug-likeness (QED) is 0.322. The number of carboxylic acid groups (broad SMARTS) is 1. The average molecular weight is 513 g/mol. The molecule has 37 heavy (non-hydrogen) atoms. The number of amides is 2. The van der Waals surface area contributed by atoms with E-state index in [4.69, 9.17) is 19.3 Å². The van der Waals surface area contributed by atoms with Gasteiger partial charge in [-0.25, -0.2) is 14.4 Å². The maximum absolute atomic E-state index is 12.7. The minimum Gasteiger partial charge on any atom is -0.481 e. The highest BCUT2D eigenvalue weighted by Gasteiger charge is 2.30. The number of hydrogen-bond donors (Lipinski definition) is 3. The van der Waals surface area contributed by atoms with Crippen molar-refractivity contribution in [2.45, 2.75) is 51.2 Å². The molecule has 1 aliphatic rings. The van der Waals surface area contributed by atoms with Crippen molar-refractivity contribution in [2.75, 3.05) is 19.8 Å². The maximum atomic E-state index is 12.7. The van der Waals surface area contributed by atoms with Gasteiger partial charge in [0.25, 0.3) is 0 Å². The Balaban J connectivity index is 1.60. The molecule has 0 spiro atoms. The molecule has 3 rings (SSSR count). The van der Waals surface area contributed by atoms with Crippen LogP contribution >= 0.6 is 0 Å². The first-order chi connectivity index (χ1) is 17.5. The zero-order valence-electron chi connectivity index (χ0n) is 21.1. The van der Waals surface area contributed by atoms with Crippen molar-refractivity contribution >= 4 is 24.1 Å². The Bertz CT molecular complexity index is 1100. The molecule has 0 aliphatic heterocycles. The minimum atomic E-state index is -1.17. The Morgan fingerprint density at radius 2 is 1.51 bits per heavy atom. The maximum Gasteiger partial charge on any atom is 0.407 e. The number of aliphatic carboxylic acids is 1. The van der Waals surface area contributed by atoms with E-state index >= 15 is 0 Å². The van der Waals surface area contributed by atoms with Gasteiger partial charge in [0.15, 0.2) is 0 Å². The number of rotatable bonds is 10. The van der Waals surface area contributed by atoms with Crippen LogP contribution < -0.4 is 10.6 Å². The summed E-state index contributed by atoms with van der Waals surface area (Å²) in [6.07, 6.45) is -1.90. The fourth-order valence-corrected chi connectivity index (χ4v) is 4.00. The lowest BCUT2D eigenvalue weighted by Crippen LogP contribution is -2.45. The van der Waals surface area contributed by atoms with Crippen molar-refractivity contribution in [3.05, 3.63) is 59.7 Å². The lowest BCUT2D eigenvalue weighted by molar-refractivity contribution is -0.148. The summed E-state index contributed by atoms with van der Waals surface area (Å²) in [5.41, 5.74) is 3.56. The van der Waals surface area contributed by atoms with Crippen molar-refractivity contribution in [3.8, 4) is 11.1 Å². The van der Waals surface area contributed by atoms with E-state index in [2.05, 4.69) is 10.6 Å². The van der Waals surface area contributed by atoms with Gasteiger partial charge in [-0.15, -0.1) is 0 Å². The first-order valence-corrected chi connectivity index (χ1v) is 12.0. The molecule has 0 saturated heterocycles. The molecule has 0 radical (unpaired) electrons. The monoisotopic (exact) mass is 512 g/mol. The van der Waals surface area contributed by atoms with Crippen LogP contribution in [0.5, 0.6) is 0 Å². The van der Waals surface area contributed by atoms with E-state index in [1.54, 1.807) is 20.8 Å². The molecule has 0 fully saturated rings. The van der Waals surface area contributed by atoms with Gasteiger partial charge in [0.2, 0.25) is 0 Å². The highest BCUT2D eigenvalue weighted by Crippen LogP contribution is 2.44. The van der Waals surface area contributed by atoms with Crippen LogP contribution in [0.1, 0.15) is 50.7 Å². The number of hydrogen-bond acceptors (Lipinski definition) is 7. The molecule has 0 aromatic heterocycles. The van der Waals surface area contributed by atoms with Gasteiger partial charge in [-0.2, -0.15) is 0 Å². The third-order valence-corrected chi connectivity index (χ3v) is 5.58. The molecule has 10 heteroatoms. The lowest BCUT2D eigenvalue weighted by atomic mass is 9.98. The van der Waals surface area contributed by atoms with Gasteiger partial charge in [-0.3, -0.25) is 4.79 Å². The molecule has 0 bridgehead atoms. The van der Waals surface area contributed by atoms with Crippen LogP contribution in [-0.4, -0.2) is 60.6 Å². The first-order valence-electron chi connectivity index (χ1n) is 12.0. The van der Waals surface area contributed by atoms with Gasteiger partial charge >= 0.3 is 24.1 Å². The zero-order chi connectivity index (χ0) is 27.0. The summed E-state index contributed by atoms with van der Waals surface area (Å²) in [5.74, 6) is -2.12. The van der Waals surface area contributed by atoms with Crippen LogP contribution in [0.15, 0.2) is 48.5 Å². The molecule has 1 aliphatic carbocycles. The van der Waals surface area contributed by atoms with Crippen LogP contribution in [0, 0.1) is 0 Å². The Hall–Kier alpha value is -4.08. The second kappa shape index (κ2) is 12.2. The molecule has 2 aromatic carbocycles. The number of carbonyl (C=O) groups excluding carboxylic acids is 3. The largest absolute Gasteiger partial charge is 0.481 e. The molecule has 0 heterocycles. The SMILES string of the molecule is CC(C)(C)OC(=O)NCCC(NC(=O)OCC1c2ccccc2-c2ccccc21)C(=O)OCCC(=O)O. The van der Waals surface area contributed by atoms with Crippen molar-refractivity contribution < 1.29 is 38.5 Å². The number of carbonyl (C=O) groups is 4. The summed E-state index contributed by atoms with van der Waals surface area (Å²) in [7, 11) is 0. The van der Waals surface area contributed by atoms with Gasteiger partial charge in [-0.05, 0) is 49.4 Å². The topological polar surface area (TPSA) is 140 Å². The third kappa shape index (κ3) is 7.96. The van der Waals surface area contributed by atoms with Gasteiger partial charge in [0.05, 0.1) is 6.42 Å². The van der Waals surface area contributed by atoms with E-state index in [0.717, 1.165) is 22.3 Å². The fraction of sp³-hybridized carbons (Fsp3) is 0.407. The number of nitrogens with one attached hydrogen (secondary N) is 2. The van der Waals surface area contributed by atoms with Crippen LogP contribution in [0.25, 0.3) is 11.1 Å². The summed E-state index contributed by atoms with van der Waals surface area (Å²) in [6, 6.07) is 14.6. The summed E-state index contributed by atoms with van der Waals surface area (Å²) in [4.78, 5) is 47.8. The zero-order valence-corrected chi connectivity index (χ0v) is 21.1. The number of carboxylic acids is 1. The van der Waals surface area contributed by atoms with Gasteiger partial charge in [-0.1, -0.05) is 48.5 Å². The lowest BCUT2D eigenvalue weighted by Gasteiger charge is -2.21. The Morgan fingerprint density at radius 3 is 2.08 bits per heavy atom. The van der Waals surface area contributed by atoms with Crippen LogP contribution in [0.2, 0.25) is 0 Å². The summed E-state index contributed by atoms with van der Waals surface area (Å²) in [5, 5.41) is 13.8. The van der Waals surface area contributed by atoms with E-state index in [1.165, 1.54) is 0 Å². The van der Waals surface area contributed by atoms with Gasteiger partial charge in [0, 0.05) is 12.5 Å². The molecule has 1 atom stereocenters. The molecule has 10 nitrogen and oxygen atoms in total. The van der Waals surface area contributed by atoms with E-state index in [0.29, 0.717) is 0 Å². The molecular weight excluding hydrogens is 480 g/mol. The van der Waals surface area contributed by atoms with Crippen LogP contribution in [0.4, 0.5) is 9.59 Å². The predicted molar refractivity (Wildman–Crippen MR) is 134 cm³/mol. The number of benzene rings is 2. The molecule has 0 saturated carbocycles. The van der Waals surface area contributed by atoms with Crippen LogP contribution in [-0.2, 0) is 23.8 Å².